The summed E-state index contributed by atoms with van der Waals surface area (Å²) in [5.41, 5.74) is 2.22. The fourth-order valence-electron chi connectivity index (χ4n) is 1.88. The summed E-state index contributed by atoms with van der Waals surface area (Å²) in [5.74, 6) is -0.667. The van der Waals surface area contributed by atoms with Crippen LogP contribution in [0.1, 0.15) is 16.0 Å². The Labute approximate surface area is 149 Å². The second-order valence-electron chi connectivity index (χ2n) is 5.05. The van der Waals surface area contributed by atoms with Crippen LogP contribution in [0, 0.1) is 6.92 Å². The number of carbonyl (C=O) groups is 1. The summed E-state index contributed by atoms with van der Waals surface area (Å²) in [5, 5.41) is 2.76. The van der Waals surface area contributed by atoms with Gasteiger partial charge in [0, 0.05) is 22.0 Å². The van der Waals surface area contributed by atoms with Gasteiger partial charge in [0.15, 0.2) is 5.13 Å². The summed E-state index contributed by atoms with van der Waals surface area (Å²) in [6.45, 7) is -0.125. The first-order valence-electron chi connectivity index (χ1n) is 6.87. The van der Waals surface area contributed by atoms with E-state index in [9.17, 15) is 18.0 Å². The molecule has 1 aromatic carbocycles. The molecule has 0 fully saturated rings. The molecular formula is C15H14BrF3N2O2S. The molecule has 0 atom stereocenters. The predicted octanol–water partition coefficient (Wildman–Crippen LogP) is 4.32. The lowest BCUT2D eigenvalue weighted by Crippen LogP contribution is -2.23. The summed E-state index contributed by atoms with van der Waals surface area (Å²) in [6, 6.07) is 6.00. The van der Waals surface area contributed by atoms with E-state index < -0.39 is 25.3 Å². The first kappa shape index (κ1) is 18.9. The number of anilines is 1. The number of amides is 1. The zero-order valence-corrected chi connectivity index (χ0v) is 15.0. The van der Waals surface area contributed by atoms with Crippen molar-refractivity contribution in [2.75, 3.05) is 18.5 Å². The van der Waals surface area contributed by atoms with Crippen molar-refractivity contribution >= 4 is 38.3 Å². The van der Waals surface area contributed by atoms with Crippen molar-refractivity contribution in [1.29, 1.82) is 0 Å². The number of thiazole rings is 1. The standard InChI is InChI=1S/C15H14BrF3N2O2S/c1-9-4-10(2-3-12(9)16)5-11-6-20-14(24-11)21-13(22)7-23-8-15(17,18)19/h2-4,6H,5,7-8H2,1H3,(H,20,21,22). The van der Waals surface area contributed by atoms with Crippen LogP contribution in [-0.2, 0) is 16.0 Å². The number of aryl methyl sites for hydroxylation is 1. The number of nitrogens with zero attached hydrogens (tertiary/aromatic N) is 1. The molecule has 4 nitrogen and oxygen atoms in total. The predicted molar refractivity (Wildman–Crippen MR) is 89.3 cm³/mol. The molecule has 0 bridgehead atoms. The number of carbonyl (C=O) groups excluding carboxylic acids is 1. The lowest BCUT2D eigenvalue weighted by molar-refractivity contribution is -0.174. The highest BCUT2D eigenvalue weighted by Crippen LogP contribution is 2.23. The van der Waals surface area contributed by atoms with Crippen LogP contribution in [0.4, 0.5) is 18.3 Å². The first-order valence-corrected chi connectivity index (χ1v) is 8.48. The van der Waals surface area contributed by atoms with Crippen molar-refractivity contribution in [3.63, 3.8) is 0 Å². The van der Waals surface area contributed by atoms with Crippen molar-refractivity contribution in [3.8, 4) is 0 Å². The minimum atomic E-state index is -4.45. The molecule has 0 unspecified atom stereocenters. The number of alkyl halides is 3. The highest BCUT2D eigenvalue weighted by atomic mass is 79.9. The third-order valence-electron chi connectivity index (χ3n) is 2.90. The molecule has 1 heterocycles. The molecule has 130 valence electrons. The first-order chi connectivity index (χ1) is 11.2. The van der Waals surface area contributed by atoms with Gasteiger partial charge in [0.1, 0.15) is 13.2 Å². The number of hydrogen-bond acceptors (Lipinski definition) is 4. The van der Waals surface area contributed by atoms with E-state index in [1.54, 1.807) is 6.20 Å². The minimum Gasteiger partial charge on any atom is -0.362 e. The summed E-state index contributed by atoms with van der Waals surface area (Å²) >= 11 is 4.71. The molecule has 9 heteroatoms. The van der Waals surface area contributed by atoms with Gasteiger partial charge < -0.3 is 4.74 Å². The van der Waals surface area contributed by atoms with Crippen LogP contribution in [0.2, 0.25) is 0 Å². The number of rotatable bonds is 6. The van der Waals surface area contributed by atoms with E-state index in [0.29, 0.717) is 11.6 Å². The zero-order valence-electron chi connectivity index (χ0n) is 12.6. The molecule has 0 aliphatic heterocycles. The maximum atomic E-state index is 11.9. The van der Waals surface area contributed by atoms with Gasteiger partial charge in [0.05, 0.1) is 0 Å². The van der Waals surface area contributed by atoms with Crippen LogP contribution in [0.3, 0.4) is 0 Å². The average molecular weight is 423 g/mol. The number of benzene rings is 1. The Morgan fingerprint density at radius 1 is 1.42 bits per heavy atom. The maximum Gasteiger partial charge on any atom is 0.411 e. The van der Waals surface area contributed by atoms with E-state index in [2.05, 4.69) is 31.0 Å². The van der Waals surface area contributed by atoms with Crippen molar-refractivity contribution in [2.45, 2.75) is 19.5 Å². The lowest BCUT2D eigenvalue weighted by atomic mass is 10.1. The minimum absolute atomic E-state index is 0.333. The van der Waals surface area contributed by atoms with Gasteiger partial charge in [-0.15, -0.1) is 11.3 Å². The number of aromatic nitrogens is 1. The highest BCUT2D eigenvalue weighted by Gasteiger charge is 2.27. The SMILES string of the molecule is Cc1cc(Cc2cnc(NC(=O)COCC(F)(F)F)s2)ccc1Br. The Morgan fingerprint density at radius 2 is 2.17 bits per heavy atom. The van der Waals surface area contributed by atoms with Gasteiger partial charge in [0.2, 0.25) is 0 Å². The summed E-state index contributed by atoms with van der Waals surface area (Å²) < 4.78 is 41.1. The number of nitrogens with one attached hydrogen (secondary N) is 1. The van der Waals surface area contributed by atoms with Crippen LogP contribution in [0.5, 0.6) is 0 Å². The molecule has 2 rings (SSSR count). The molecule has 0 spiro atoms. The zero-order chi connectivity index (χ0) is 17.7. The monoisotopic (exact) mass is 422 g/mol. The van der Waals surface area contributed by atoms with E-state index in [4.69, 9.17) is 0 Å². The van der Waals surface area contributed by atoms with Crippen molar-refractivity contribution in [2.24, 2.45) is 0 Å². The van der Waals surface area contributed by atoms with Crippen LogP contribution in [-0.4, -0.2) is 30.3 Å². The number of ether oxygens (including phenoxy) is 1. The molecule has 0 aliphatic rings. The third kappa shape index (κ3) is 6.21. The quantitative estimate of drug-likeness (QED) is 0.753. The second-order valence-corrected chi connectivity index (χ2v) is 7.02. The van der Waals surface area contributed by atoms with Gasteiger partial charge in [-0.2, -0.15) is 13.2 Å². The van der Waals surface area contributed by atoms with Gasteiger partial charge in [-0.05, 0) is 24.1 Å². The normalized spacial score (nSPS) is 11.5. The van der Waals surface area contributed by atoms with E-state index in [1.165, 1.54) is 11.3 Å². The van der Waals surface area contributed by atoms with E-state index in [1.807, 2.05) is 25.1 Å². The van der Waals surface area contributed by atoms with Gasteiger partial charge >= 0.3 is 6.18 Å². The summed E-state index contributed by atoms with van der Waals surface area (Å²) in [4.78, 5) is 16.5. The molecule has 0 aliphatic carbocycles. The fraction of sp³-hybridized carbons (Fsp3) is 0.333. The molecule has 1 amide bonds. The Hall–Kier alpha value is -1.45. The molecule has 0 saturated carbocycles. The molecule has 24 heavy (non-hydrogen) atoms. The van der Waals surface area contributed by atoms with E-state index >= 15 is 0 Å². The number of halogens is 4. The van der Waals surface area contributed by atoms with E-state index in [0.717, 1.165) is 20.5 Å². The smallest absolute Gasteiger partial charge is 0.362 e. The average Bonchev–Trinajstić information content (AvgIpc) is 2.88. The molecule has 2 aromatic rings. The Kier molecular flexibility index (Phi) is 6.36. The van der Waals surface area contributed by atoms with E-state index in [-0.39, 0.29) is 0 Å². The van der Waals surface area contributed by atoms with Crippen LogP contribution in [0.25, 0.3) is 0 Å². The van der Waals surface area contributed by atoms with Gasteiger partial charge in [-0.1, -0.05) is 28.1 Å². The van der Waals surface area contributed by atoms with Crippen LogP contribution in [0.15, 0.2) is 28.9 Å². The Balaban J connectivity index is 1.86. The van der Waals surface area contributed by atoms with Crippen LogP contribution < -0.4 is 5.32 Å². The maximum absolute atomic E-state index is 11.9. The Morgan fingerprint density at radius 3 is 2.83 bits per heavy atom. The summed E-state index contributed by atoms with van der Waals surface area (Å²) in [6.07, 6.45) is -2.15. The Bertz CT molecular complexity index is 719. The lowest BCUT2D eigenvalue weighted by Gasteiger charge is -2.06. The summed E-state index contributed by atoms with van der Waals surface area (Å²) in [7, 11) is 0. The fourth-order valence-corrected chi connectivity index (χ4v) is 2.99. The third-order valence-corrected chi connectivity index (χ3v) is 4.70. The topological polar surface area (TPSA) is 51.2 Å². The number of hydrogen-bond donors (Lipinski definition) is 1. The molecule has 0 saturated heterocycles. The largest absolute Gasteiger partial charge is 0.411 e. The van der Waals surface area contributed by atoms with Gasteiger partial charge in [-0.25, -0.2) is 4.98 Å². The highest BCUT2D eigenvalue weighted by molar-refractivity contribution is 9.10. The second kappa shape index (κ2) is 8.09. The molecular weight excluding hydrogens is 409 g/mol. The molecule has 1 N–H and O–H groups in total. The molecule has 1 aromatic heterocycles. The molecule has 0 radical (unpaired) electrons. The van der Waals surface area contributed by atoms with Gasteiger partial charge in [0.25, 0.3) is 5.91 Å². The van der Waals surface area contributed by atoms with Gasteiger partial charge in [-0.3, -0.25) is 10.1 Å². The van der Waals surface area contributed by atoms with Crippen molar-refractivity contribution < 1.29 is 22.7 Å². The van der Waals surface area contributed by atoms with Crippen LogP contribution >= 0.6 is 27.3 Å². The van der Waals surface area contributed by atoms with Crippen molar-refractivity contribution in [3.05, 3.63) is 44.9 Å². The van der Waals surface area contributed by atoms with Crippen molar-refractivity contribution in [1.82, 2.24) is 4.98 Å².